The Balaban J connectivity index is 2.05. The molecule has 1 N–H and O–H groups in total. The van der Waals surface area contributed by atoms with E-state index in [-0.39, 0.29) is 5.82 Å². The number of aliphatic hydroxyl groups excluding tert-OH is 1. The maximum atomic E-state index is 13.2. The van der Waals surface area contributed by atoms with Crippen LogP contribution in [-0.4, -0.2) is 22.7 Å². The smallest absolute Gasteiger partial charge is 0.123 e. The summed E-state index contributed by atoms with van der Waals surface area (Å²) < 4.78 is 18.5. The van der Waals surface area contributed by atoms with Gasteiger partial charge in [0.1, 0.15) is 11.6 Å². The lowest BCUT2D eigenvalue weighted by Gasteiger charge is -2.22. The average molecular weight is 263 g/mol. The molecule has 0 saturated carbocycles. The van der Waals surface area contributed by atoms with Crippen molar-refractivity contribution in [3.63, 3.8) is 0 Å². The molecule has 19 heavy (non-hydrogen) atoms. The van der Waals surface area contributed by atoms with Gasteiger partial charge in [-0.15, -0.1) is 0 Å². The molecule has 2 rings (SSSR count). The molecule has 0 aliphatic carbocycles. The summed E-state index contributed by atoms with van der Waals surface area (Å²) in [6, 6.07) is 10.2. The largest absolute Gasteiger partial charge is 0.468 e. The first-order valence-corrected chi connectivity index (χ1v) is 6.31. The number of nitrogens with zero attached hydrogens (tertiary/aromatic N) is 1. The standard InChI is InChI=1S/C15H18FNO2/c1-12(18)9-17(11-15-6-3-7-19-15)10-13-4-2-5-14(16)8-13/h2-8,12,18H,9-11H2,1H3/t12-/m0/s1. The van der Waals surface area contributed by atoms with Crippen molar-refractivity contribution in [2.24, 2.45) is 0 Å². The minimum Gasteiger partial charge on any atom is -0.468 e. The molecule has 102 valence electrons. The third-order valence-electron chi connectivity index (χ3n) is 2.78. The molecule has 0 fully saturated rings. The van der Waals surface area contributed by atoms with E-state index in [2.05, 4.69) is 0 Å². The van der Waals surface area contributed by atoms with Crippen molar-refractivity contribution < 1.29 is 13.9 Å². The van der Waals surface area contributed by atoms with Gasteiger partial charge in [0.05, 0.1) is 18.9 Å². The second-order valence-corrected chi connectivity index (χ2v) is 4.73. The van der Waals surface area contributed by atoms with Crippen LogP contribution in [0.1, 0.15) is 18.2 Å². The molecule has 3 nitrogen and oxygen atoms in total. The molecule has 4 heteroatoms. The second-order valence-electron chi connectivity index (χ2n) is 4.73. The van der Waals surface area contributed by atoms with Gasteiger partial charge in [0, 0.05) is 13.1 Å². The summed E-state index contributed by atoms with van der Waals surface area (Å²) in [5.74, 6) is 0.588. The quantitative estimate of drug-likeness (QED) is 0.870. The van der Waals surface area contributed by atoms with Crippen molar-refractivity contribution in [2.75, 3.05) is 6.54 Å². The summed E-state index contributed by atoms with van der Waals surface area (Å²) >= 11 is 0. The first kappa shape index (κ1) is 13.8. The van der Waals surface area contributed by atoms with Crippen molar-refractivity contribution in [1.29, 1.82) is 0 Å². The molecule has 1 aromatic carbocycles. The molecule has 0 saturated heterocycles. The van der Waals surface area contributed by atoms with Crippen LogP contribution in [0.2, 0.25) is 0 Å². The molecule has 1 aromatic heterocycles. The Morgan fingerprint density at radius 2 is 2.11 bits per heavy atom. The highest BCUT2D eigenvalue weighted by Gasteiger charge is 2.11. The van der Waals surface area contributed by atoms with E-state index in [0.717, 1.165) is 11.3 Å². The van der Waals surface area contributed by atoms with Crippen LogP contribution in [0.15, 0.2) is 47.1 Å². The zero-order valence-electron chi connectivity index (χ0n) is 10.9. The highest BCUT2D eigenvalue weighted by atomic mass is 19.1. The molecule has 0 radical (unpaired) electrons. The van der Waals surface area contributed by atoms with E-state index in [0.29, 0.717) is 19.6 Å². The van der Waals surface area contributed by atoms with Crippen LogP contribution in [0, 0.1) is 5.82 Å². The number of benzene rings is 1. The maximum absolute atomic E-state index is 13.2. The summed E-state index contributed by atoms with van der Waals surface area (Å²) in [5, 5.41) is 9.54. The Labute approximate surface area is 112 Å². The van der Waals surface area contributed by atoms with Gasteiger partial charge in [-0.25, -0.2) is 4.39 Å². The van der Waals surface area contributed by atoms with E-state index in [1.807, 2.05) is 23.1 Å². The fraction of sp³-hybridized carbons (Fsp3) is 0.333. The highest BCUT2D eigenvalue weighted by Crippen LogP contribution is 2.12. The van der Waals surface area contributed by atoms with Gasteiger partial charge in [-0.2, -0.15) is 0 Å². The topological polar surface area (TPSA) is 36.6 Å². The molecule has 1 atom stereocenters. The Kier molecular flexibility index (Phi) is 4.71. The summed E-state index contributed by atoms with van der Waals surface area (Å²) in [7, 11) is 0. The van der Waals surface area contributed by atoms with Crippen LogP contribution in [0.3, 0.4) is 0 Å². The SMILES string of the molecule is C[C@H](O)CN(Cc1cccc(F)c1)Cc1ccco1. The zero-order valence-corrected chi connectivity index (χ0v) is 10.9. The predicted octanol–water partition coefficient (Wildman–Crippen LogP) is 2.80. The van der Waals surface area contributed by atoms with E-state index in [1.165, 1.54) is 12.1 Å². The Morgan fingerprint density at radius 3 is 2.74 bits per heavy atom. The number of rotatable bonds is 6. The van der Waals surface area contributed by atoms with Crippen LogP contribution in [0.4, 0.5) is 4.39 Å². The first-order valence-electron chi connectivity index (χ1n) is 6.31. The lowest BCUT2D eigenvalue weighted by Crippen LogP contribution is -2.30. The summed E-state index contributed by atoms with van der Waals surface area (Å²) in [6.07, 6.45) is 1.18. The molecule has 0 aliphatic rings. The van der Waals surface area contributed by atoms with Crippen LogP contribution < -0.4 is 0 Å². The van der Waals surface area contributed by atoms with Gasteiger partial charge in [-0.05, 0) is 36.8 Å². The van der Waals surface area contributed by atoms with E-state index in [1.54, 1.807) is 19.3 Å². The van der Waals surface area contributed by atoms with Crippen LogP contribution in [-0.2, 0) is 13.1 Å². The number of aliphatic hydroxyl groups is 1. The van der Waals surface area contributed by atoms with Gasteiger partial charge in [-0.3, -0.25) is 4.90 Å². The fourth-order valence-corrected chi connectivity index (χ4v) is 2.08. The predicted molar refractivity (Wildman–Crippen MR) is 70.9 cm³/mol. The fourth-order valence-electron chi connectivity index (χ4n) is 2.08. The zero-order chi connectivity index (χ0) is 13.7. The number of halogens is 1. The molecular formula is C15H18FNO2. The Morgan fingerprint density at radius 1 is 1.26 bits per heavy atom. The minimum atomic E-state index is -0.441. The molecule has 2 aromatic rings. The van der Waals surface area contributed by atoms with Crippen molar-refractivity contribution in [2.45, 2.75) is 26.1 Å². The van der Waals surface area contributed by atoms with Crippen molar-refractivity contribution in [3.05, 3.63) is 59.8 Å². The van der Waals surface area contributed by atoms with Crippen LogP contribution in [0.25, 0.3) is 0 Å². The van der Waals surface area contributed by atoms with Gasteiger partial charge < -0.3 is 9.52 Å². The maximum Gasteiger partial charge on any atom is 0.123 e. The molecular weight excluding hydrogens is 245 g/mol. The molecule has 0 aliphatic heterocycles. The average Bonchev–Trinajstić information content (AvgIpc) is 2.80. The summed E-state index contributed by atoms with van der Waals surface area (Å²) in [6.45, 7) is 3.41. The van der Waals surface area contributed by atoms with Crippen LogP contribution in [0.5, 0.6) is 0 Å². The molecule has 0 bridgehead atoms. The van der Waals surface area contributed by atoms with Gasteiger partial charge >= 0.3 is 0 Å². The van der Waals surface area contributed by atoms with Gasteiger partial charge in [0.25, 0.3) is 0 Å². The molecule has 0 unspecified atom stereocenters. The first-order chi connectivity index (χ1) is 9.13. The van der Waals surface area contributed by atoms with E-state index in [4.69, 9.17) is 4.42 Å². The monoisotopic (exact) mass is 263 g/mol. The minimum absolute atomic E-state index is 0.243. The summed E-state index contributed by atoms with van der Waals surface area (Å²) in [5.41, 5.74) is 0.882. The van der Waals surface area contributed by atoms with E-state index < -0.39 is 6.10 Å². The number of hydrogen-bond donors (Lipinski definition) is 1. The number of furan rings is 1. The lowest BCUT2D eigenvalue weighted by atomic mass is 10.2. The summed E-state index contributed by atoms with van der Waals surface area (Å²) in [4.78, 5) is 2.03. The van der Waals surface area contributed by atoms with Gasteiger partial charge in [0.15, 0.2) is 0 Å². The van der Waals surface area contributed by atoms with Gasteiger partial charge in [-0.1, -0.05) is 12.1 Å². The van der Waals surface area contributed by atoms with Crippen LogP contribution >= 0.6 is 0 Å². The van der Waals surface area contributed by atoms with Crippen molar-refractivity contribution in [1.82, 2.24) is 4.90 Å². The lowest BCUT2D eigenvalue weighted by molar-refractivity contribution is 0.113. The van der Waals surface area contributed by atoms with Crippen molar-refractivity contribution in [3.8, 4) is 0 Å². The highest BCUT2D eigenvalue weighted by molar-refractivity contribution is 5.16. The van der Waals surface area contributed by atoms with E-state index >= 15 is 0 Å². The molecule has 0 amide bonds. The van der Waals surface area contributed by atoms with E-state index in [9.17, 15) is 9.50 Å². The third kappa shape index (κ3) is 4.50. The second kappa shape index (κ2) is 6.50. The van der Waals surface area contributed by atoms with Crippen molar-refractivity contribution >= 4 is 0 Å². The molecule has 0 spiro atoms. The van der Waals surface area contributed by atoms with Gasteiger partial charge in [0.2, 0.25) is 0 Å². The number of hydrogen-bond acceptors (Lipinski definition) is 3. The Bertz CT molecular complexity index is 497. The molecule has 1 heterocycles. The Hall–Kier alpha value is -1.65. The third-order valence-corrected chi connectivity index (χ3v) is 2.78. The normalized spacial score (nSPS) is 12.8.